The van der Waals surface area contributed by atoms with Crippen molar-refractivity contribution in [2.75, 3.05) is 27.9 Å². The highest BCUT2D eigenvalue weighted by atomic mass is 16.6. The summed E-state index contributed by atoms with van der Waals surface area (Å²) in [6.45, 7) is 12.7. The summed E-state index contributed by atoms with van der Waals surface area (Å²) in [6, 6.07) is -1.14. The van der Waals surface area contributed by atoms with Gasteiger partial charge in [-0.25, -0.2) is 4.79 Å². The van der Waals surface area contributed by atoms with E-state index in [0.29, 0.717) is 63.4 Å². The number of methoxy groups -OCH3 is 3. The van der Waals surface area contributed by atoms with E-state index < -0.39 is 83.9 Å². The Kier molecular flexibility index (Phi) is 21.0. The van der Waals surface area contributed by atoms with Crippen LogP contribution in [0, 0.1) is 35.5 Å². The Hall–Kier alpha value is -3.37. The normalized spacial score (nSPS) is 37.8. The Labute approximate surface area is 387 Å². The molecule has 3 fully saturated rings. The number of carbonyl (C=O) groups excluding carboxylic acids is 5. The van der Waals surface area contributed by atoms with Gasteiger partial charge in [0.25, 0.3) is 11.7 Å². The lowest BCUT2D eigenvalue weighted by Crippen LogP contribution is -2.61. The summed E-state index contributed by atoms with van der Waals surface area (Å²) < 4.78 is 29.4. The van der Waals surface area contributed by atoms with Crippen LogP contribution in [0.1, 0.15) is 126 Å². The van der Waals surface area contributed by atoms with Crippen molar-refractivity contribution in [1.82, 2.24) is 4.90 Å². The van der Waals surface area contributed by atoms with Crippen molar-refractivity contribution in [3.05, 3.63) is 47.6 Å². The van der Waals surface area contributed by atoms with Crippen molar-refractivity contribution >= 4 is 29.2 Å². The van der Waals surface area contributed by atoms with Gasteiger partial charge >= 0.3 is 5.97 Å². The summed E-state index contributed by atoms with van der Waals surface area (Å²) >= 11 is 0. The SMILES string of the molecule is COC1CC2CCC(C)C(O)(O2)C(=O)C(=O)N2CCCCC2C(=O)OC(C(C)C[C@@H]2CC[C@@H](O)[C@H](OC)C2)CC(=O)C(C)C=C(C)C(O)C(OC)C(=O)C(C)CC(C)C=CC=CC=C1C. The molecule has 14 nitrogen and oxygen atoms in total. The molecule has 4 rings (SSSR count). The van der Waals surface area contributed by atoms with Crippen LogP contribution in [0.4, 0.5) is 0 Å². The molecule has 1 amide bonds. The molecule has 0 radical (unpaired) electrons. The van der Waals surface area contributed by atoms with E-state index in [2.05, 4.69) is 0 Å². The third-order valence-corrected chi connectivity index (χ3v) is 14.5. The number of carbonyl (C=O) groups is 5. The number of amides is 1. The molecule has 65 heavy (non-hydrogen) atoms. The number of piperidine rings is 1. The van der Waals surface area contributed by atoms with Crippen LogP contribution in [-0.2, 0) is 47.7 Å². The second-order valence-electron chi connectivity index (χ2n) is 19.6. The zero-order valence-electron chi connectivity index (χ0n) is 40.6. The molecule has 2 bridgehead atoms. The van der Waals surface area contributed by atoms with Gasteiger partial charge in [0.2, 0.25) is 5.79 Å². The van der Waals surface area contributed by atoms with Gasteiger partial charge in [0.1, 0.15) is 30.1 Å². The number of hydrogen-bond donors (Lipinski definition) is 3. The summed E-state index contributed by atoms with van der Waals surface area (Å²) in [4.78, 5) is 71.8. The predicted molar refractivity (Wildman–Crippen MR) is 245 cm³/mol. The number of aliphatic hydroxyl groups is 3. The van der Waals surface area contributed by atoms with Crippen LogP contribution in [-0.4, -0.2) is 132 Å². The number of hydrogen-bond acceptors (Lipinski definition) is 13. The first-order valence-corrected chi connectivity index (χ1v) is 23.9. The van der Waals surface area contributed by atoms with Crippen LogP contribution < -0.4 is 0 Å². The molecule has 0 spiro atoms. The molecule has 1 saturated carbocycles. The molecule has 3 N–H and O–H groups in total. The predicted octanol–water partition coefficient (Wildman–Crippen LogP) is 6.18. The van der Waals surface area contributed by atoms with Gasteiger partial charge in [0.05, 0.1) is 24.4 Å². The Morgan fingerprint density at radius 3 is 2.25 bits per heavy atom. The lowest BCUT2D eigenvalue weighted by Gasteiger charge is -2.42. The van der Waals surface area contributed by atoms with Crippen LogP contribution >= 0.6 is 0 Å². The molecule has 3 aliphatic heterocycles. The summed E-state index contributed by atoms with van der Waals surface area (Å²) in [6.07, 6.45) is 11.2. The molecule has 2 saturated heterocycles. The molecular weight excluding hydrogens is 835 g/mol. The number of fused-ring (bicyclic) bond motifs is 3. The molecule has 0 aromatic carbocycles. The van der Waals surface area contributed by atoms with E-state index >= 15 is 0 Å². The van der Waals surface area contributed by atoms with Crippen LogP contribution in [0.5, 0.6) is 0 Å². The Morgan fingerprint density at radius 2 is 1.57 bits per heavy atom. The molecule has 12 unspecified atom stereocenters. The topological polar surface area (TPSA) is 195 Å². The van der Waals surface area contributed by atoms with E-state index in [1.165, 1.54) is 12.0 Å². The highest BCUT2D eigenvalue weighted by molar-refractivity contribution is 6.39. The van der Waals surface area contributed by atoms with Gasteiger partial charge in [0, 0.05) is 58.5 Å². The van der Waals surface area contributed by atoms with Crippen molar-refractivity contribution in [3.63, 3.8) is 0 Å². The summed E-state index contributed by atoms with van der Waals surface area (Å²) in [5.74, 6) is -7.96. The second kappa shape index (κ2) is 25.1. The van der Waals surface area contributed by atoms with E-state index in [1.54, 1.807) is 41.1 Å². The molecule has 14 heteroatoms. The minimum atomic E-state index is -2.43. The summed E-state index contributed by atoms with van der Waals surface area (Å²) in [5.41, 5.74) is 1.27. The number of ether oxygens (including phenoxy) is 5. The number of Topliss-reactive ketones (excluding diaryl/α,β-unsaturated/α-hetero) is 3. The average Bonchev–Trinajstić information content (AvgIpc) is 3.28. The van der Waals surface area contributed by atoms with Crippen LogP contribution in [0.15, 0.2) is 47.6 Å². The van der Waals surface area contributed by atoms with Crippen molar-refractivity contribution in [1.29, 1.82) is 0 Å². The zero-order valence-corrected chi connectivity index (χ0v) is 40.6. The van der Waals surface area contributed by atoms with Crippen LogP contribution in [0.2, 0.25) is 0 Å². The van der Waals surface area contributed by atoms with Crippen LogP contribution in [0.3, 0.4) is 0 Å². The zero-order chi connectivity index (χ0) is 48.2. The number of aliphatic hydroxyl groups excluding tert-OH is 2. The maximum absolute atomic E-state index is 14.4. The van der Waals surface area contributed by atoms with Gasteiger partial charge < -0.3 is 43.9 Å². The molecule has 1 aliphatic carbocycles. The Bertz CT molecular complexity index is 1760. The maximum atomic E-state index is 14.4. The quantitative estimate of drug-likeness (QED) is 0.156. The van der Waals surface area contributed by atoms with Crippen molar-refractivity contribution in [3.8, 4) is 0 Å². The van der Waals surface area contributed by atoms with E-state index in [1.807, 2.05) is 58.1 Å². The molecule has 3 heterocycles. The van der Waals surface area contributed by atoms with Crippen molar-refractivity contribution in [2.24, 2.45) is 35.5 Å². The fraction of sp³-hybridized carbons (Fsp3) is 0.745. The minimum absolute atomic E-state index is 0.0193. The van der Waals surface area contributed by atoms with Gasteiger partial charge in [-0.3, -0.25) is 19.2 Å². The summed E-state index contributed by atoms with van der Waals surface area (Å²) in [7, 11) is 4.52. The van der Waals surface area contributed by atoms with E-state index in [0.717, 1.165) is 12.0 Å². The lowest BCUT2D eigenvalue weighted by molar-refractivity contribution is -0.265. The Balaban J connectivity index is 1.70. The number of allylic oxidation sites excluding steroid dienone is 6. The summed E-state index contributed by atoms with van der Waals surface area (Å²) in [5, 5.41) is 33.8. The van der Waals surface area contributed by atoms with Gasteiger partial charge in [-0.2, -0.15) is 0 Å². The Morgan fingerprint density at radius 1 is 0.846 bits per heavy atom. The number of esters is 1. The molecule has 4 aliphatic rings. The first-order valence-electron chi connectivity index (χ1n) is 23.9. The lowest BCUT2D eigenvalue weighted by atomic mass is 9.78. The highest BCUT2D eigenvalue weighted by Crippen LogP contribution is 2.38. The first-order chi connectivity index (χ1) is 30.7. The molecule has 0 aromatic heterocycles. The second-order valence-corrected chi connectivity index (χ2v) is 19.6. The highest BCUT2D eigenvalue weighted by Gasteiger charge is 2.53. The average molecular weight is 914 g/mol. The van der Waals surface area contributed by atoms with Gasteiger partial charge in [0.15, 0.2) is 5.78 Å². The molecular formula is C51H79NO13. The number of nitrogens with zero attached hydrogens (tertiary/aromatic N) is 1. The van der Waals surface area contributed by atoms with E-state index in [-0.39, 0.29) is 54.8 Å². The monoisotopic (exact) mass is 914 g/mol. The molecule has 366 valence electrons. The van der Waals surface area contributed by atoms with Gasteiger partial charge in [-0.15, -0.1) is 0 Å². The van der Waals surface area contributed by atoms with Crippen molar-refractivity contribution < 1.29 is 63.0 Å². The smallest absolute Gasteiger partial charge is 0.329 e. The molecule has 15 atom stereocenters. The third kappa shape index (κ3) is 14.3. The molecule has 0 aromatic rings. The minimum Gasteiger partial charge on any atom is -0.460 e. The van der Waals surface area contributed by atoms with Gasteiger partial charge in [-0.05, 0) is 107 Å². The number of cyclic esters (lactones) is 1. The fourth-order valence-electron chi connectivity index (χ4n) is 10.1. The van der Waals surface area contributed by atoms with E-state index in [4.69, 9.17) is 23.7 Å². The van der Waals surface area contributed by atoms with Crippen molar-refractivity contribution in [2.45, 2.75) is 180 Å². The maximum Gasteiger partial charge on any atom is 0.329 e. The number of ketones is 3. The number of rotatable bonds is 6. The standard InChI is InChI=1S/C51H79NO13/c1-30-16-12-11-13-17-31(2)42(61-8)28-38-21-19-36(7)51(60,65-38)48(57)49(58)52-23-15-14-18-39(52)50(59)64-43(33(4)26-37-20-22-40(53)44(27-37)62-9)29-41(54)32(3)25-35(6)46(56)47(63-10)45(55)34(5)24-30/h11-13,16-17,25,30,32-34,36-40,42-44,46-47,53,56,60H,14-15,18-24,26-29H2,1-10H3/t30?,32?,33?,34?,36?,37-,38?,39?,40+,42?,43?,44+,46?,47?,51?/m0/s1. The van der Waals surface area contributed by atoms with Gasteiger partial charge in [-0.1, -0.05) is 71.1 Å². The third-order valence-electron chi connectivity index (χ3n) is 14.5. The fourth-order valence-corrected chi connectivity index (χ4v) is 10.1. The van der Waals surface area contributed by atoms with Crippen LogP contribution in [0.25, 0.3) is 0 Å². The first kappa shape index (κ1) is 54.2. The largest absolute Gasteiger partial charge is 0.460 e. The van der Waals surface area contributed by atoms with E-state index in [9.17, 15) is 39.3 Å².